The second-order valence-corrected chi connectivity index (χ2v) is 5.79. The largest absolute Gasteiger partial charge is 0.295 e. The quantitative estimate of drug-likeness (QED) is 0.627. The summed E-state index contributed by atoms with van der Waals surface area (Å²) in [6.07, 6.45) is 6.13. The Bertz CT molecular complexity index is 273. The predicted molar refractivity (Wildman–Crippen MR) is 64.7 cm³/mol. The van der Waals surface area contributed by atoms with Gasteiger partial charge in [0, 0.05) is 0 Å². The van der Waals surface area contributed by atoms with E-state index in [0.29, 0.717) is 17.3 Å². The molecule has 1 aliphatic carbocycles. The smallest absolute Gasteiger partial charge is 0.155 e. The van der Waals surface area contributed by atoms with Crippen molar-refractivity contribution in [3.05, 3.63) is 11.6 Å². The van der Waals surface area contributed by atoms with Gasteiger partial charge in [0.2, 0.25) is 0 Å². The summed E-state index contributed by atoms with van der Waals surface area (Å²) in [6, 6.07) is 0. The Morgan fingerprint density at radius 3 is 2.40 bits per heavy atom. The molecule has 0 heterocycles. The lowest BCUT2D eigenvalue weighted by Crippen LogP contribution is -2.32. The van der Waals surface area contributed by atoms with Crippen molar-refractivity contribution in [3.63, 3.8) is 0 Å². The van der Waals surface area contributed by atoms with Crippen LogP contribution in [-0.4, -0.2) is 5.78 Å². The average molecular weight is 208 g/mol. The van der Waals surface area contributed by atoms with Gasteiger partial charge in [-0.3, -0.25) is 4.79 Å². The Balaban J connectivity index is 2.89. The highest BCUT2D eigenvalue weighted by Gasteiger charge is 2.35. The first-order valence-corrected chi connectivity index (χ1v) is 6.04. The second-order valence-electron chi connectivity index (χ2n) is 5.79. The van der Waals surface area contributed by atoms with Crippen molar-refractivity contribution < 1.29 is 4.79 Å². The third-order valence-electron chi connectivity index (χ3n) is 3.98. The lowest BCUT2D eigenvalue weighted by molar-refractivity contribution is -0.113. The van der Waals surface area contributed by atoms with Crippen LogP contribution in [0.4, 0.5) is 0 Å². The van der Waals surface area contributed by atoms with Gasteiger partial charge in [-0.25, -0.2) is 0 Å². The number of hydrogen-bond donors (Lipinski definition) is 0. The SMILES string of the molecule is CC(=O)/C(C)=C/C1C(C)CCCC1(C)C. The first-order chi connectivity index (χ1) is 6.84. The number of allylic oxidation sites excluding steroid dienone is 2. The lowest BCUT2D eigenvalue weighted by Gasteiger charge is -2.41. The number of hydrogen-bond acceptors (Lipinski definition) is 1. The Kier molecular flexibility index (Phi) is 3.75. The Morgan fingerprint density at radius 1 is 1.33 bits per heavy atom. The lowest BCUT2D eigenvalue weighted by atomic mass is 9.64. The summed E-state index contributed by atoms with van der Waals surface area (Å²) < 4.78 is 0. The molecule has 1 rings (SSSR count). The van der Waals surface area contributed by atoms with Crippen molar-refractivity contribution in [1.29, 1.82) is 0 Å². The predicted octanol–water partition coefficient (Wildman–Crippen LogP) is 3.98. The molecule has 0 N–H and O–H groups in total. The average Bonchev–Trinajstić information content (AvgIpc) is 2.10. The third kappa shape index (κ3) is 2.93. The molecular weight excluding hydrogens is 184 g/mol. The van der Waals surface area contributed by atoms with Crippen molar-refractivity contribution in [2.24, 2.45) is 17.3 Å². The molecule has 1 aliphatic rings. The van der Waals surface area contributed by atoms with Crippen molar-refractivity contribution >= 4 is 5.78 Å². The van der Waals surface area contributed by atoms with E-state index in [0.717, 1.165) is 5.57 Å². The first-order valence-electron chi connectivity index (χ1n) is 6.04. The van der Waals surface area contributed by atoms with Crippen molar-refractivity contribution in [1.82, 2.24) is 0 Å². The molecule has 0 bridgehead atoms. The molecule has 0 amide bonds. The van der Waals surface area contributed by atoms with Crippen LogP contribution in [0.25, 0.3) is 0 Å². The highest BCUT2D eigenvalue weighted by atomic mass is 16.1. The van der Waals surface area contributed by atoms with E-state index in [9.17, 15) is 4.79 Å². The van der Waals surface area contributed by atoms with E-state index in [1.54, 1.807) is 6.92 Å². The van der Waals surface area contributed by atoms with Crippen molar-refractivity contribution in [3.8, 4) is 0 Å². The summed E-state index contributed by atoms with van der Waals surface area (Å²) in [5, 5.41) is 0. The van der Waals surface area contributed by atoms with Gasteiger partial charge in [0.25, 0.3) is 0 Å². The molecule has 1 heteroatoms. The number of rotatable bonds is 2. The van der Waals surface area contributed by atoms with Gasteiger partial charge in [-0.15, -0.1) is 0 Å². The summed E-state index contributed by atoms with van der Waals surface area (Å²) in [6.45, 7) is 10.6. The van der Waals surface area contributed by atoms with E-state index < -0.39 is 0 Å². The molecule has 2 atom stereocenters. The zero-order valence-electron chi connectivity index (χ0n) is 10.8. The highest BCUT2D eigenvalue weighted by molar-refractivity contribution is 5.92. The van der Waals surface area contributed by atoms with E-state index in [4.69, 9.17) is 0 Å². The van der Waals surface area contributed by atoms with Gasteiger partial charge in [0.15, 0.2) is 5.78 Å². The molecule has 1 fully saturated rings. The third-order valence-corrected chi connectivity index (χ3v) is 3.98. The van der Waals surface area contributed by atoms with E-state index >= 15 is 0 Å². The summed E-state index contributed by atoms with van der Waals surface area (Å²) in [7, 11) is 0. The van der Waals surface area contributed by atoms with Crippen LogP contribution >= 0.6 is 0 Å². The molecule has 15 heavy (non-hydrogen) atoms. The highest BCUT2D eigenvalue weighted by Crippen LogP contribution is 2.44. The van der Waals surface area contributed by atoms with Gasteiger partial charge >= 0.3 is 0 Å². The van der Waals surface area contributed by atoms with E-state index in [2.05, 4.69) is 26.8 Å². The minimum Gasteiger partial charge on any atom is -0.295 e. The molecule has 0 aromatic heterocycles. The maximum Gasteiger partial charge on any atom is 0.155 e. The van der Waals surface area contributed by atoms with E-state index in [-0.39, 0.29) is 5.78 Å². The summed E-state index contributed by atoms with van der Waals surface area (Å²) in [4.78, 5) is 11.3. The van der Waals surface area contributed by atoms with Crippen LogP contribution in [0, 0.1) is 17.3 Å². The number of carbonyl (C=O) groups excluding carboxylic acids is 1. The summed E-state index contributed by atoms with van der Waals surface area (Å²) in [5.41, 5.74) is 1.29. The van der Waals surface area contributed by atoms with Gasteiger partial charge in [0.05, 0.1) is 0 Å². The van der Waals surface area contributed by atoms with Crippen molar-refractivity contribution in [2.45, 2.75) is 53.9 Å². The molecule has 2 unspecified atom stereocenters. The Hall–Kier alpha value is -0.590. The second kappa shape index (κ2) is 4.51. The Labute approximate surface area is 93.9 Å². The maximum absolute atomic E-state index is 11.3. The molecule has 0 radical (unpaired) electrons. The van der Waals surface area contributed by atoms with Gasteiger partial charge in [0.1, 0.15) is 0 Å². The van der Waals surface area contributed by atoms with Crippen LogP contribution in [0.1, 0.15) is 53.9 Å². The fourth-order valence-electron chi connectivity index (χ4n) is 2.77. The maximum atomic E-state index is 11.3. The monoisotopic (exact) mass is 208 g/mol. The molecular formula is C14H24O. The first kappa shape index (κ1) is 12.5. The van der Waals surface area contributed by atoms with Crippen LogP contribution in [-0.2, 0) is 4.79 Å². The Morgan fingerprint density at radius 2 is 1.93 bits per heavy atom. The minimum absolute atomic E-state index is 0.212. The molecule has 0 aliphatic heterocycles. The van der Waals surface area contributed by atoms with Crippen LogP contribution in [0.3, 0.4) is 0 Å². The zero-order valence-corrected chi connectivity index (χ0v) is 10.8. The minimum atomic E-state index is 0.212. The number of carbonyl (C=O) groups is 1. The van der Waals surface area contributed by atoms with Gasteiger partial charge < -0.3 is 0 Å². The summed E-state index contributed by atoms with van der Waals surface area (Å²) >= 11 is 0. The van der Waals surface area contributed by atoms with Gasteiger partial charge in [-0.2, -0.15) is 0 Å². The fourth-order valence-corrected chi connectivity index (χ4v) is 2.77. The van der Waals surface area contributed by atoms with Crippen LogP contribution < -0.4 is 0 Å². The topological polar surface area (TPSA) is 17.1 Å². The molecule has 0 spiro atoms. The van der Waals surface area contributed by atoms with Gasteiger partial charge in [-0.05, 0) is 43.1 Å². The number of Topliss-reactive ketones (excluding diaryl/α,β-unsaturated/α-hetero) is 1. The summed E-state index contributed by atoms with van der Waals surface area (Å²) in [5.74, 6) is 1.49. The fraction of sp³-hybridized carbons (Fsp3) is 0.786. The van der Waals surface area contributed by atoms with E-state index in [1.165, 1.54) is 19.3 Å². The molecule has 1 saturated carbocycles. The van der Waals surface area contributed by atoms with Crippen molar-refractivity contribution in [2.75, 3.05) is 0 Å². The van der Waals surface area contributed by atoms with Crippen LogP contribution in [0.5, 0.6) is 0 Å². The number of ketones is 1. The molecule has 0 saturated heterocycles. The molecule has 1 nitrogen and oxygen atoms in total. The van der Waals surface area contributed by atoms with E-state index in [1.807, 2.05) is 6.92 Å². The molecule has 86 valence electrons. The molecule has 0 aromatic carbocycles. The molecule has 0 aromatic rings. The van der Waals surface area contributed by atoms with Crippen LogP contribution in [0.15, 0.2) is 11.6 Å². The zero-order chi connectivity index (χ0) is 11.6. The standard InChI is InChI=1S/C14H24O/c1-10-7-6-8-14(4,5)13(10)9-11(2)12(3)15/h9-10,13H,6-8H2,1-5H3/b11-9+. The van der Waals surface area contributed by atoms with Crippen LogP contribution in [0.2, 0.25) is 0 Å². The van der Waals surface area contributed by atoms with Gasteiger partial charge in [-0.1, -0.05) is 39.7 Å². The normalized spacial score (nSPS) is 31.4.